The number of methoxy groups -OCH3 is 2. The van der Waals surface area contributed by atoms with Crippen LogP contribution in [0.4, 0.5) is 5.13 Å². The molecule has 1 amide bonds. The van der Waals surface area contributed by atoms with Crippen molar-refractivity contribution in [2.24, 2.45) is 5.92 Å². The number of hydrogen-bond donors (Lipinski definition) is 0. The van der Waals surface area contributed by atoms with Crippen molar-refractivity contribution in [3.63, 3.8) is 0 Å². The van der Waals surface area contributed by atoms with Gasteiger partial charge in [0.15, 0.2) is 5.13 Å². The van der Waals surface area contributed by atoms with E-state index in [0.29, 0.717) is 51.3 Å². The zero-order chi connectivity index (χ0) is 25.3. The van der Waals surface area contributed by atoms with Crippen LogP contribution in [-0.4, -0.2) is 82.0 Å². The number of nitrogens with zero attached hydrogens (tertiary/aromatic N) is 4. The SMILES string of the molecule is COc1ccc(S(=O)(=O)N2CCCC(C(=O)N3CCN(c4nc5ccc(OC)cc5s4)CC3)C2)cc1. The van der Waals surface area contributed by atoms with E-state index in [1.165, 1.54) is 4.31 Å². The molecule has 1 aromatic heterocycles. The van der Waals surface area contributed by atoms with Crippen molar-refractivity contribution < 1.29 is 22.7 Å². The summed E-state index contributed by atoms with van der Waals surface area (Å²) in [6, 6.07) is 12.2. The normalized spacial score (nSPS) is 19.4. The zero-order valence-electron chi connectivity index (χ0n) is 20.4. The molecule has 2 aliphatic heterocycles. The number of fused-ring (bicyclic) bond motifs is 1. The second-order valence-corrected chi connectivity index (χ2v) is 12.0. The van der Waals surface area contributed by atoms with Crippen LogP contribution in [0.3, 0.4) is 0 Å². The van der Waals surface area contributed by atoms with Gasteiger partial charge in [0.2, 0.25) is 15.9 Å². The number of hydrogen-bond acceptors (Lipinski definition) is 8. The first kappa shape index (κ1) is 24.8. The Labute approximate surface area is 215 Å². The Hall–Kier alpha value is -2.89. The van der Waals surface area contributed by atoms with E-state index in [2.05, 4.69) is 4.90 Å². The first-order valence-corrected chi connectivity index (χ1v) is 14.3. The topological polar surface area (TPSA) is 92.3 Å². The summed E-state index contributed by atoms with van der Waals surface area (Å²) < 4.78 is 39.3. The van der Waals surface area contributed by atoms with Gasteiger partial charge in [-0.1, -0.05) is 11.3 Å². The van der Waals surface area contributed by atoms with Crippen molar-refractivity contribution in [3.05, 3.63) is 42.5 Å². The van der Waals surface area contributed by atoms with Gasteiger partial charge in [-0.3, -0.25) is 4.79 Å². The highest BCUT2D eigenvalue weighted by Crippen LogP contribution is 2.32. The number of benzene rings is 2. The van der Waals surface area contributed by atoms with Gasteiger partial charge < -0.3 is 19.3 Å². The van der Waals surface area contributed by atoms with E-state index in [1.807, 2.05) is 23.1 Å². The Balaban J connectivity index is 1.21. The monoisotopic (exact) mass is 530 g/mol. The molecule has 2 aromatic carbocycles. The molecule has 0 spiro atoms. The fourth-order valence-electron chi connectivity index (χ4n) is 4.79. The summed E-state index contributed by atoms with van der Waals surface area (Å²) in [6.45, 7) is 3.23. The van der Waals surface area contributed by atoms with E-state index in [4.69, 9.17) is 14.5 Å². The Morgan fingerprint density at radius 2 is 1.67 bits per heavy atom. The van der Waals surface area contributed by atoms with Gasteiger partial charge in [-0.05, 0) is 55.3 Å². The molecule has 5 rings (SSSR count). The van der Waals surface area contributed by atoms with Crippen molar-refractivity contribution in [2.45, 2.75) is 17.7 Å². The van der Waals surface area contributed by atoms with Gasteiger partial charge in [0.25, 0.3) is 0 Å². The molecule has 36 heavy (non-hydrogen) atoms. The molecular formula is C25H30N4O5S2. The molecule has 1 unspecified atom stereocenters. The number of thiazole rings is 1. The van der Waals surface area contributed by atoms with Crippen LogP contribution in [0, 0.1) is 5.92 Å². The molecule has 0 saturated carbocycles. The predicted molar refractivity (Wildman–Crippen MR) is 139 cm³/mol. The van der Waals surface area contributed by atoms with Gasteiger partial charge in [-0.25, -0.2) is 13.4 Å². The van der Waals surface area contributed by atoms with Crippen LogP contribution in [-0.2, 0) is 14.8 Å². The van der Waals surface area contributed by atoms with Gasteiger partial charge in [0.1, 0.15) is 11.5 Å². The summed E-state index contributed by atoms with van der Waals surface area (Å²) in [5, 5.41) is 0.944. The number of sulfonamides is 1. The Morgan fingerprint density at radius 3 is 2.36 bits per heavy atom. The lowest BCUT2D eigenvalue weighted by Gasteiger charge is -2.38. The van der Waals surface area contributed by atoms with E-state index in [9.17, 15) is 13.2 Å². The van der Waals surface area contributed by atoms with Crippen LogP contribution in [0.5, 0.6) is 11.5 Å². The lowest BCUT2D eigenvalue weighted by molar-refractivity contribution is -0.137. The molecule has 2 aliphatic rings. The molecule has 0 bridgehead atoms. The van der Waals surface area contributed by atoms with E-state index in [-0.39, 0.29) is 23.3 Å². The Morgan fingerprint density at radius 1 is 0.972 bits per heavy atom. The highest BCUT2D eigenvalue weighted by atomic mass is 32.2. The highest BCUT2D eigenvalue weighted by Gasteiger charge is 2.36. The third kappa shape index (κ3) is 4.87. The number of ether oxygens (including phenoxy) is 2. The van der Waals surface area contributed by atoms with E-state index >= 15 is 0 Å². The lowest BCUT2D eigenvalue weighted by atomic mass is 9.98. The number of anilines is 1. The molecule has 192 valence electrons. The van der Waals surface area contributed by atoms with Crippen molar-refractivity contribution >= 4 is 42.6 Å². The minimum absolute atomic E-state index is 0.0401. The second kappa shape index (κ2) is 10.2. The highest BCUT2D eigenvalue weighted by molar-refractivity contribution is 7.89. The van der Waals surface area contributed by atoms with E-state index < -0.39 is 10.0 Å². The number of rotatable bonds is 6. The third-order valence-electron chi connectivity index (χ3n) is 6.88. The minimum Gasteiger partial charge on any atom is -0.497 e. The number of piperazine rings is 1. The van der Waals surface area contributed by atoms with Gasteiger partial charge in [0, 0.05) is 39.3 Å². The average molecular weight is 531 g/mol. The number of amides is 1. The van der Waals surface area contributed by atoms with E-state index in [1.54, 1.807) is 49.8 Å². The average Bonchev–Trinajstić information content (AvgIpc) is 3.36. The standard InChI is InChI=1S/C25H30N4O5S2/c1-33-19-5-8-21(9-6-19)36(31,32)29-11-3-4-18(17-29)24(30)27-12-14-28(15-13-27)25-26-22-10-7-20(34-2)16-23(22)35-25/h5-10,16,18H,3-4,11-15,17H2,1-2H3. The molecule has 0 N–H and O–H groups in total. The summed E-state index contributed by atoms with van der Waals surface area (Å²) in [6.07, 6.45) is 1.37. The Bertz CT molecular complexity index is 1330. The lowest BCUT2D eigenvalue weighted by Crippen LogP contribution is -2.53. The van der Waals surface area contributed by atoms with Crippen molar-refractivity contribution in [3.8, 4) is 11.5 Å². The van der Waals surface area contributed by atoms with Gasteiger partial charge >= 0.3 is 0 Å². The molecule has 2 fully saturated rings. The van der Waals surface area contributed by atoms with Gasteiger partial charge in [-0.15, -0.1) is 0 Å². The summed E-state index contributed by atoms with van der Waals surface area (Å²) in [4.78, 5) is 22.4. The number of piperidine rings is 1. The van der Waals surface area contributed by atoms with Crippen molar-refractivity contribution in [1.82, 2.24) is 14.2 Å². The fourth-order valence-corrected chi connectivity index (χ4v) is 7.36. The van der Waals surface area contributed by atoms with E-state index in [0.717, 1.165) is 21.1 Å². The summed E-state index contributed by atoms with van der Waals surface area (Å²) in [7, 11) is -0.469. The maximum atomic E-state index is 13.3. The minimum atomic E-state index is -3.66. The summed E-state index contributed by atoms with van der Waals surface area (Å²) in [5.41, 5.74) is 0.940. The molecule has 3 aromatic rings. The maximum absolute atomic E-state index is 13.3. The van der Waals surface area contributed by atoms with Crippen LogP contribution < -0.4 is 14.4 Å². The fraction of sp³-hybridized carbons (Fsp3) is 0.440. The summed E-state index contributed by atoms with van der Waals surface area (Å²) >= 11 is 1.62. The van der Waals surface area contributed by atoms with Crippen molar-refractivity contribution in [1.29, 1.82) is 0 Å². The van der Waals surface area contributed by atoms with Crippen LogP contribution in [0.15, 0.2) is 47.4 Å². The molecule has 3 heterocycles. The van der Waals surface area contributed by atoms with Crippen LogP contribution in [0.25, 0.3) is 10.2 Å². The molecule has 11 heteroatoms. The first-order chi connectivity index (χ1) is 17.4. The summed E-state index contributed by atoms with van der Waals surface area (Å²) in [5.74, 6) is 1.13. The second-order valence-electron chi connectivity index (χ2n) is 9.02. The molecule has 0 radical (unpaired) electrons. The van der Waals surface area contributed by atoms with Crippen LogP contribution in [0.1, 0.15) is 12.8 Å². The smallest absolute Gasteiger partial charge is 0.243 e. The third-order valence-corrected chi connectivity index (χ3v) is 9.84. The molecular weight excluding hydrogens is 500 g/mol. The largest absolute Gasteiger partial charge is 0.497 e. The van der Waals surface area contributed by atoms with Gasteiger partial charge in [-0.2, -0.15) is 4.31 Å². The Kier molecular flexibility index (Phi) is 7.05. The number of aromatic nitrogens is 1. The number of carbonyl (C=O) groups excluding carboxylic acids is 1. The first-order valence-electron chi connectivity index (χ1n) is 12.0. The quantitative estimate of drug-likeness (QED) is 0.484. The van der Waals surface area contributed by atoms with Crippen LogP contribution in [0.2, 0.25) is 0 Å². The maximum Gasteiger partial charge on any atom is 0.243 e. The predicted octanol–water partition coefficient (Wildman–Crippen LogP) is 3.06. The van der Waals surface area contributed by atoms with Crippen molar-refractivity contribution in [2.75, 3.05) is 58.4 Å². The zero-order valence-corrected chi connectivity index (χ0v) is 22.1. The molecule has 0 aliphatic carbocycles. The molecule has 2 saturated heterocycles. The van der Waals surface area contributed by atoms with Crippen LogP contribution >= 0.6 is 11.3 Å². The van der Waals surface area contributed by atoms with Gasteiger partial charge in [0.05, 0.1) is 35.2 Å². The number of carbonyl (C=O) groups is 1. The molecule has 9 nitrogen and oxygen atoms in total. The molecule has 1 atom stereocenters.